The summed E-state index contributed by atoms with van der Waals surface area (Å²) >= 11 is 0. The predicted molar refractivity (Wildman–Crippen MR) is 243 cm³/mol. The maximum absolute atomic E-state index is 12.8. The second kappa shape index (κ2) is 24.4. The minimum absolute atomic E-state index is 0.0208. The Labute approximate surface area is 382 Å². The molecule has 4 aromatic carbocycles. The number of isocyanates is 1. The molecule has 0 spiro atoms. The van der Waals surface area contributed by atoms with E-state index in [2.05, 4.69) is 15.6 Å². The van der Waals surface area contributed by atoms with Crippen molar-refractivity contribution >= 4 is 65.0 Å². The summed E-state index contributed by atoms with van der Waals surface area (Å²) in [6, 6.07) is 29.2. The molecule has 6 rings (SSSR count). The van der Waals surface area contributed by atoms with Gasteiger partial charge in [-0.15, -0.1) is 0 Å². The normalized spacial score (nSPS) is 21.0. The number of hydrogen-bond donors (Lipinski definition) is 4. The van der Waals surface area contributed by atoms with Crippen molar-refractivity contribution in [2.45, 2.75) is 43.4 Å². The first-order chi connectivity index (χ1) is 31.7. The average molecular weight is 906 g/mol. The van der Waals surface area contributed by atoms with Crippen molar-refractivity contribution in [3.05, 3.63) is 125 Å². The van der Waals surface area contributed by atoms with Gasteiger partial charge in [-0.3, -0.25) is 33.6 Å². The number of nitrogens with two attached hydrogens (primary N) is 2. The van der Waals surface area contributed by atoms with Crippen LogP contribution < -0.4 is 22.1 Å². The largest absolute Gasteiger partial charge is 0.469 e. The van der Waals surface area contributed by atoms with Crippen molar-refractivity contribution in [3.8, 4) is 0 Å². The Hall–Kier alpha value is -7.65. The van der Waals surface area contributed by atoms with Gasteiger partial charge in [-0.1, -0.05) is 60.7 Å². The van der Waals surface area contributed by atoms with Crippen LogP contribution in [0, 0.1) is 23.7 Å². The monoisotopic (exact) mass is 905 g/mol. The molecule has 2 saturated carbocycles. The Morgan fingerprint density at radius 1 is 0.591 bits per heavy atom. The fraction of sp³-hybridized carbons (Fsp3) is 0.347. The number of amides is 1. The first kappa shape index (κ1) is 51.0. The average Bonchev–Trinajstić information content (AvgIpc) is 3.30. The molecule has 0 aromatic heterocycles. The first-order valence-electron chi connectivity index (χ1n) is 20.8. The Morgan fingerprint density at radius 2 is 0.924 bits per heavy atom. The number of benzene rings is 4. The van der Waals surface area contributed by atoms with Crippen LogP contribution in [0.3, 0.4) is 0 Å². The minimum Gasteiger partial charge on any atom is -0.469 e. The zero-order valence-corrected chi connectivity index (χ0v) is 37.6. The topological polar surface area (TPSA) is 262 Å². The van der Waals surface area contributed by atoms with Gasteiger partial charge in [0.05, 0.1) is 58.5 Å². The second-order valence-electron chi connectivity index (χ2n) is 15.6. The van der Waals surface area contributed by atoms with Crippen molar-refractivity contribution in [1.82, 2.24) is 5.32 Å². The number of nitrogens with zero attached hydrogens (tertiary/aromatic N) is 1. The van der Waals surface area contributed by atoms with E-state index < -0.39 is 29.6 Å². The molecule has 6 N–H and O–H groups in total. The number of Topliss-reactive ketones (excluding diaryl/α,β-unsaturated/α-hetero) is 2. The number of anilines is 3. The van der Waals surface area contributed by atoms with E-state index in [0.717, 1.165) is 33.5 Å². The van der Waals surface area contributed by atoms with Crippen LogP contribution in [0.25, 0.3) is 0 Å². The molecule has 2 aliphatic rings. The van der Waals surface area contributed by atoms with Crippen LogP contribution in [-0.2, 0) is 63.7 Å². The zero-order valence-electron chi connectivity index (χ0n) is 37.6. The third kappa shape index (κ3) is 12.3. The van der Waals surface area contributed by atoms with Gasteiger partial charge in [-0.25, -0.2) is 4.79 Å². The van der Waals surface area contributed by atoms with Crippen molar-refractivity contribution in [3.63, 3.8) is 0 Å². The number of carbonyl (C=O) groups is 7. The maximum atomic E-state index is 12.8. The molecule has 0 heterocycles. The van der Waals surface area contributed by atoms with Crippen LogP contribution in [0.15, 0.2) is 102 Å². The number of aliphatic imine (C=N–C) groups is 1. The first-order valence-corrected chi connectivity index (χ1v) is 20.8. The molecule has 2 atom stereocenters. The SMILES string of the molecule is CNc1ccc(C2C(C(=O)OC)C(c3ccc(CC(=O)CC(C)=O)cc3)C2C(=O)OC)cc1.COC(=O)C1C(c2ccc(N)cc2)C(C(=O)OC)C1c1ccc(N)cc1.O=C=NCNC=O. The third-order valence-corrected chi connectivity index (χ3v) is 11.7. The van der Waals surface area contributed by atoms with E-state index in [0.29, 0.717) is 17.8 Å². The lowest BCUT2D eigenvalue weighted by Crippen LogP contribution is -2.51. The lowest BCUT2D eigenvalue weighted by Gasteiger charge is -2.49. The molecule has 348 valence electrons. The molecule has 2 fully saturated rings. The van der Waals surface area contributed by atoms with E-state index in [1.807, 2.05) is 67.7 Å². The van der Waals surface area contributed by atoms with E-state index >= 15 is 0 Å². The molecule has 17 nitrogen and oxygen atoms in total. The smallest absolute Gasteiger partial charge is 0.309 e. The van der Waals surface area contributed by atoms with Crippen LogP contribution in [0.4, 0.5) is 17.1 Å². The summed E-state index contributed by atoms with van der Waals surface area (Å²) in [6.07, 6.45) is 1.78. The Balaban J connectivity index is 0.000000257. The van der Waals surface area contributed by atoms with Gasteiger partial charge in [0.1, 0.15) is 18.2 Å². The van der Waals surface area contributed by atoms with E-state index in [1.165, 1.54) is 41.4 Å². The quantitative estimate of drug-likeness (QED) is 0.0175. The highest BCUT2D eigenvalue weighted by Gasteiger charge is 2.60. The summed E-state index contributed by atoms with van der Waals surface area (Å²) in [5.41, 5.74) is 17.8. The van der Waals surface area contributed by atoms with Gasteiger partial charge in [0.2, 0.25) is 12.5 Å². The molecule has 0 saturated heterocycles. The van der Waals surface area contributed by atoms with Crippen molar-refractivity contribution in [2.24, 2.45) is 28.7 Å². The number of hydrogen-bond acceptors (Lipinski definition) is 16. The van der Waals surface area contributed by atoms with E-state index in [1.54, 1.807) is 36.4 Å². The molecule has 1 amide bonds. The van der Waals surface area contributed by atoms with Gasteiger partial charge in [0, 0.05) is 54.2 Å². The molecule has 4 aromatic rings. The molecule has 66 heavy (non-hydrogen) atoms. The molecular weight excluding hydrogens is 851 g/mol. The highest BCUT2D eigenvalue weighted by Crippen LogP contribution is 2.59. The number of methoxy groups -OCH3 is 4. The van der Waals surface area contributed by atoms with Gasteiger partial charge in [0.25, 0.3) is 0 Å². The summed E-state index contributed by atoms with van der Waals surface area (Å²) in [5.74, 6) is -5.34. The van der Waals surface area contributed by atoms with Crippen LogP contribution in [0.5, 0.6) is 0 Å². The number of nitrogen functional groups attached to an aromatic ring is 2. The second-order valence-corrected chi connectivity index (χ2v) is 15.6. The fourth-order valence-corrected chi connectivity index (χ4v) is 8.72. The summed E-state index contributed by atoms with van der Waals surface area (Å²) in [4.78, 5) is 95.4. The lowest BCUT2D eigenvalue weighted by atomic mass is 9.52. The minimum atomic E-state index is -0.551. The molecule has 0 radical (unpaired) electrons. The third-order valence-electron chi connectivity index (χ3n) is 11.7. The number of carbonyl (C=O) groups excluding carboxylic acids is 8. The molecular formula is C49H55N5O12. The summed E-state index contributed by atoms with van der Waals surface area (Å²) in [6.45, 7) is 1.41. The summed E-state index contributed by atoms with van der Waals surface area (Å²) < 4.78 is 20.2. The van der Waals surface area contributed by atoms with Crippen LogP contribution in [0.1, 0.15) is 64.8 Å². The van der Waals surface area contributed by atoms with E-state index in [-0.39, 0.29) is 72.7 Å². The van der Waals surface area contributed by atoms with E-state index in [4.69, 9.17) is 30.4 Å². The molecule has 2 aliphatic carbocycles. The van der Waals surface area contributed by atoms with E-state index in [9.17, 15) is 38.4 Å². The van der Waals surface area contributed by atoms with Gasteiger partial charge in [-0.2, -0.15) is 4.99 Å². The molecule has 17 heteroatoms. The van der Waals surface area contributed by atoms with Crippen molar-refractivity contribution in [1.29, 1.82) is 0 Å². The summed E-state index contributed by atoms with van der Waals surface area (Å²) in [5, 5.41) is 5.20. The van der Waals surface area contributed by atoms with Gasteiger partial charge < -0.3 is 41.0 Å². The number of nitrogens with one attached hydrogen (secondary N) is 2. The number of ether oxygens (including phenoxy) is 4. The van der Waals surface area contributed by atoms with Crippen LogP contribution >= 0.6 is 0 Å². The summed E-state index contributed by atoms with van der Waals surface area (Å²) in [7, 11) is 7.22. The number of rotatable bonds is 16. The Kier molecular flexibility index (Phi) is 18.9. The molecule has 0 aliphatic heterocycles. The highest BCUT2D eigenvalue weighted by atomic mass is 16.5. The Morgan fingerprint density at radius 3 is 1.21 bits per heavy atom. The fourth-order valence-electron chi connectivity index (χ4n) is 8.72. The van der Waals surface area contributed by atoms with Crippen molar-refractivity contribution < 1.29 is 57.3 Å². The highest BCUT2D eigenvalue weighted by molar-refractivity contribution is 5.98. The zero-order chi connectivity index (χ0) is 48.5. The maximum Gasteiger partial charge on any atom is 0.309 e. The van der Waals surface area contributed by atoms with Crippen LogP contribution in [0.2, 0.25) is 0 Å². The Bertz CT molecular complexity index is 2260. The predicted octanol–water partition coefficient (Wildman–Crippen LogP) is 4.61. The van der Waals surface area contributed by atoms with Gasteiger partial charge >= 0.3 is 23.9 Å². The van der Waals surface area contributed by atoms with Gasteiger partial charge in [-0.05, 0) is 71.1 Å². The lowest BCUT2D eigenvalue weighted by molar-refractivity contribution is -0.165. The standard InChI is InChI=1S/C26H29NO6.C20H22N2O4.C3H4N2O2/c1-15(28)13-20(29)14-16-5-7-17(8-6-16)21-23(25(30)32-3)22(24(21)26(31)33-4)18-9-11-19(27-2)12-10-18;1-25-19(23)17-15(11-3-7-13(21)8-4-11)18(20(24)26-2)16(17)12-5-9-14(22)10-6-12;6-2-4-1-5-3-7/h5-12,21-24,27H,13-14H2,1-4H3;3-10,15-18H,21-22H2,1-2H3;2H,1H2,(H,4,6). The van der Waals surface area contributed by atoms with Gasteiger partial charge in [0.15, 0.2) is 0 Å². The number of ketones is 2. The molecule has 0 bridgehead atoms. The van der Waals surface area contributed by atoms with Crippen LogP contribution in [-0.4, -0.2) is 90.1 Å². The van der Waals surface area contributed by atoms with Crippen molar-refractivity contribution in [2.75, 3.05) is 58.9 Å². The number of esters is 4. The molecule has 2 unspecified atom stereocenters.